The number of carbonyl (C=O) groups excluding carboxylic acids is 3. The zero-order valence-corrected chi connectivity index (χ0v) is 14.8. The molecule has 26 heavy (non-hydrogen) atoms. The molecule has 4 heterocycles. The highest BCUT2D eigenvalue weighted by atomic mass is 16.2. The Kier molecular flexibility index (Phi) is 4.63. The molecule has 1 N–H and O–H groups in total. The summed E-state index contributed by atoms with van der Waals surface area (Å²) >= 11 is 0. The second kappa shape index (κ2) is 7.07. The lowest BCUT2D eigenvalue weighted by molar-refractivity contribution is -0.136. The summed E-state index contributed by atoms with van der Waals surface area (Å²) < 4.78 is 0. The molecule has 0 unspecified atom stereocenters. The topological polar surface area (TPSA) is 73.0 Å². The summed E-state index contributed by atoms with van der Waals surface area (Å²) in [6, 6.07) is 10.3. The van der Waals surface area contributed by atoms with E-state index in [1.807, 2.05) is 11.0 Å². The van der Waals surface area contributed by atoms with E-state index >= 15 is 0 Å². The monoisotopic (exact) mass is 356 g/mol. The first-order valence-corrected chi connectivity index (χ1v) is 9.24. The van der Waals surface area contributed by atoms with E-state index < -0.39 is 6.03 Å². The van der Waals surface area contributed by atoms with E-state index in [9.17, 15) is 14.4 Å². The molecule has 0 radical (unpaired) electrons. The fraction of sp³-hybridized carbons (Fsp3) is 0.526. The molecule has 1 aromatic rings. The van der Waals surface area contributed by atoms with Crippen molar-refractivity contribution in [1.82, 2.24) is 20.0 Å². The Morgan fingerprint density at radius 3 is 2.62 bits per heavy atom. The molecule has 138 valence electrons. The predicted molar refractivity (Wildman–Crippen MR) is 95.1 cm³/mol. The lowest BCUT2D eigenvalue weighted by Crippen LogP contribution is -2.46. The van der Waals surface area contributed by atoms with Gasteiger partial charge in [0.25, 0.3) is 5.91 Å². The lowest BCUT2D eigenvalue weighted by Gasteiger charge is -2.36. The first kappa shape index (κ1) is 17.0. The number of piperidine rings is 1. The van der Waals surface area contributed by atoms with E-state index in [-0.39, 0.29) is 24.9 Å². The standard InChI is InChI=1S/C19H24N4O3/c24-17-8-20-19(26)23(17)13-18(25)22-11-15-6-7-16(12-22)21(10-15)9-14-4-2-1-3-5-14/h1-5,15-16H,6-13H2,(H,20,26)/t15-,16-/m0/s1. The Hall–Kier alpha value is -2.41. The minimum atomic E-state index is -0.466. The van der Waals surface area contributed by atoms with Crippen molar-refractivity contribution in [2.45, 2.75) is 25.4 Å². The van der Waals surface area contributed by atoms with E-state index in [0.717, 1.165) is 30.8 Å². The molecule has 4 aliphatic heterocycles. The van der Waals surface area contributed by atoms with Gasteiger partial charge >= 0.3 is 6.03 Å². The van der Waals surface area contributed by atoms with Crippen molar-refractivity contribution in [2.75, 3.05) is 32.7 Å². The van der Waals surface area contributed by atoms with Gasteiger partial charge in [0, 0.05) is 32.2 Å². The van der Waals surface area contributed by atoms with E-state index in [0.29, 0.717) is 25.0 Å². The van der Waals surface area contributed by atoms with Crippen LogP contribution in [-0.2, 0) is 16.1 Å². The molecule has 5 rings (SSSR count). The Bertz CT molecular complexity index is 692. The Labute approximate surface area is 152 Å². The molecule has 2 atom stereocenters. The second-order valence-electron chi connectivity index (χ2n) is 7.45. The summed E-state index contributed by atoms with van der Waals surface area (Å²) in [5.41, 5.74) is 1.29. The molecule has 7 heteroatoms. The van der Waals surface area contributed by atoms with Gasteiger partial charge in [0.2, 0.25) is 5.91 Å². The number of urea groups is 1. The molecule has 4 amide bonds. The lowest BCUT2D eigenvalue weighted by atomic mass is 9.94. The molecule has 4 aliphatic rings. The van der Waals surface area contributed by atoms with Gasteiger partial charge in [0.1, 0.15) is 6.54 Å². The van der Waals surface area contributed by atoms with Gasteiger partial charge in [-0.3, -0.25) is 19.4 Å². The summed E-state index contributed by atoms with van der Waals surface area (Å²) in [7, 11) is 0. The van der Waals surface area contributed by atoms with Crippen molar-refractivity contribution in [3.05, 3.63) is 35.9 Å². The third kappa shape index (κ3) is 3.44. The summed E-state index contributed by atoms with van der Waals surface area (Å²) in [6.45, 7) is 3.12. The number of hydrogen-bond acceptors (Lipinski definition) is 4. The summed E-state index contributed by atoms with van der Waals surface area (Å²) in [6.07, 6.45) is 2.22. The molecule has 0 saturated carbocycles. The molecule has 1 aromatic carbocycles. The quantitative estimate of drug-likeness (QED) is 0.805. The number of benzene rings is 1. The largest absolute Gasteiger partial charge is 0.339 e. The minimum absolute atomic E-state index is 0.0117. The van der Waals surface area contributed by atoms with Gasteiger partial charge in [-0.2, -0.15) is 0 Å². The van der Waals surface area contributed by atoms with Gasteiger partial charge in [0.15, 0.2) is 0 Å². The van der Waals surface area contributed by atoms with Crippen LogP contribution in [-0.4, -0.2) is 71.3 Å². The molecule has 2 bridgehead atoms. The van der Waals surface area contributed by atoms with Crippen molar-refractivity contribution in [3.8, 4) is 0 Å². The van der Waals surface area contributed by atoms with Crippen molar-refractivity contribution in [3.63, 3.8) is 0 Å². The number of rotatable bonds is 4. The first-order chi connectivity index (χ1) is 12.6. The molecule has 0 aromatic heterocycles. The molecule has 0 spiro atoms. The number of carbonyl (C=O) groups is 3. The minimum Gasteiger partial charge on any atom is -0.339 e. The van der Waals surface area contributed by atoms with E-state index in [4.69, 9.17) is 0 Å². The van der Waals surface area contributed by atoms with Crippen LogP contribution in [0.3, 0.4) is 0 Å². The van der Waals surface area contributed by atoms with Crippen molar-refractivity contribution < 1.29 is 14.4 Å². The predicted octanol–water partition coefficient (Wildman–Crippen LogP) is 0.661. The van der Waals surface area contributed by atoms with E-state index in [1.54, 1.807) is 0 Å². The molecule has 7 nitrogen and oxygen atoms in total. The third-order valence-electron chi connectivity index (χ3n) is 5.64. The number of nitrogens with one attached hydrogen (secondary N) is 1. The normalized spacial score (nSPS) is 26.2. The molecule has 4 fully saturated rings. The molecular formula is C19H24N4O3. The van der Waals surface area contributed by atoms with Crippen LogP contribution in [0.4, 0.5) is 4.79 Å². The van der Waals surface area contributed by atoms with Crippen LogP contribution in [0.1, 0.15) is 18.4 Å². The van der Waals surface area contributed by atoms with E-state index in [2.05, 4.69) is 34.5 Å². The number of amides is 4. The van der Waals surface area contributed by atoms with Crippen molar-refractivity contribution >= 4 is 17.8 Å². The Morgan fingerprint density at radius 2 is 1.88 bits per heavy atom. The number of hydrogen-bond donors (Lipinski definition) is 1. The molecule has 0 aliphatic carbocycles. The van der Waals surface area contributed by atoms with Crippen LogP contribution < -0.4 is 5.32 Å². The first-order valence-electron chi connectivity index (χ1n) is 9.24. The SMILES string of the molecule is O=C(CN1C(=O)CNC1=O)N1C[C@H]2CC[C@@H](C1)N(Cc1ccccc1)C2. The van der Waals surface area contributed by atoms with Crippen LogP contribution in [0, 0.1) is 5.92 Å². The molecule has 4 saturated heterocycles. The van der Waals surface area contributed by atoms with Crippen molar-refractivity contribution in [2.24, 2.45) is 5.92 Å². The van der Waals surface area contributed by atoms with Gasteiger partial charge < -0.3 is 10.2 Å². The fourth-order valence-electron chi connectivity index (χ4n) is 4.24. The summed E-state index contributed by atoms with van der Waals surface area (Å²) in [4.78, 5) is 41.5. The Morgan fingerprint density at radius 1 is 1.08 bits per heavy atom. The zero-order chi connectivity index (χ0) is 18.1. The maximum absolute atomic E-state index is 12.7. The molecular weight excluding hydrogens is 332 g/mol. The Balaban J connectivity index is 1.42. The van der Waals surface area contributed by atoms with Gasteiger partial charge in [-0.15, -0.1) is 0 Å². The van der Waals surface area contributed by atoms with Gasteiger partial charge in [-0.05, 0) is 24.3 Å². The van der Waals surface area contributed by atoms with Crippen LogP contribution in [0.15, 0.2) is 30.3 Å². The van der Waals surface area contributed by atoms with Gasteiger partial charge in [-0.1, -0.05) is 30.3 Å². The third-order valence-corrected chi connectivity index (χ3v) is 5.64. The van der Waals surface area contributed by atoms with Crippen LogP contribution in [0.5, 0.6) is 0 Å². The highest BCUT2D eigenvalue weighted by Crippen LogP contribution is 2.29. The highest BCUT2D eigenvalue weighted by Gasteiger charge is 2.38. The van der Waals surface area contributed by atoms with Gasteiger partial charge in [0.05, 0.1) is 6.54 Å². The smallest absolute Gasteiger partial charge is 0.325 e. The average Bonchev–Trinajstić information content (AvgIpc) is 2.84. The van der Waals surface area contributed by atoms with Crippen LogP contribution >= 0.6 is 0 Å². The number of imide groups is 1. The second-order valence-corrected chi connectivity index (χ2v) is 7.45. The van der Waals surface area contributed by atoms with Crippen molar-refractivity contribution in [1.29, 1.82) is 0 Å². The number of nitrogens with zero attached hydrogens (tertiary/aromatic N) is 3. The maximum Gasteiger partial charge on any atom is 0.325 e. The average molecular weight is 356 g/mol. The summed E-state index contributed by atoms with van der Waals surface area (Å²) in [5.74, 6) is -0.00905. The highest BCUT2D eigenvalue weighted by molar-refractivity contribution is 6.04. The maximum atomic E-state index is 12.7. The van der Waals surface area contributed by atoms with Gasteiger partial charge in [-0.25, -0.2) is 4.79 Å². The van der Waals surface area contributed by atoms with Crippen LogP contribution in [0.2, 0.25) is 0 Å². The summed E-state index contributed by atoms with van der Waals surface area (Å²) in [5, 5.41) is 2.46. The number of fused-ring (bicyclic) bond motifs is 4. The van der Waals surface area contributed by atoms with Crippen LogP contribution in [0.25, 0.3) is 0 Å². The van der Waals surface area contributed by atoms with E-state index in [1.165, 1.54) is 5.56 Å². The fourth-order valence-corrected chi connectivity index (χ4v) is 4.24. The zero-order valence-electron chi connectivity index (χ0n) is 14.8.